The lowest BCUT2D eigenvalue weighted by atomic mass is 9.94. The molecule has 6 heteroatoms. The number of hydrogen-bond acceptors (Lipinski definition) is 5. The van der Waals surface area contributed by atoms with Crippen LogP contribution in [0.3, 0.4) is 0 Å². The number of aryl methyl sites for hydroxylation is 2. The smallest absolute Gasteiger partial charge is 0.295 e. The molecule has 0 radical (unpaired) electrons. The van der Waals surface area contributed by atoms with Gasteiger partial charge >= 0.3 is 0 Å². The minimum atomic E-state index is -0.734. The summed E-state index contributed by atoms with van der Waals surface area (Å²) < 4.78 is 11.8. The topological polar surface area (TPSA) is 76.1 Å². The summed E-state index contributed by atoms with van der Waals surface area (Å²) >= 11 is 0. The van der Waals surface area contributed by atoms with E-state index in [2.05, 4.69) is 0 Å². The lowest BCUT2D eigenvalue weighted by molar-refractivity contribution is -0.140. The van der Waals surface area contributed by atoms with Crippen molar-refractivity contribution >= 4 is 17.4 Å². The fourth-order valence-electron chi connectivity index (χ4n) is 4.78. The number of benzene rings is 3. The van der Waals surface area contributed by atoms with E-state index < -0.39 is 17.7 Å². The van der Waals surface area contributed by atoms with E-state index in [1.807, 2.05) is 97.0 Å². The lowest BCUT2D eigenvalue weighted by Gasteiger charge is -2.26. The Labute approximate surface area is 230 Å². The zero-order chi connectivity index (χ0) is 28.5. The molecule has 1 amide bonds. The van der Waals surface area contributed by atoms with Gasteiger partial charge in [-0.05, 0) is 95.5 Å². The number of carbonyl (C=O) groups excluding carboxylic acids is 2. The molecule has 6 nitrogen and oxygen atoms in total. The summed E-state index contributed by atoms with van der Waals surface area (Å²) in [5.41, 5.74) is 3.64. The number of likely N-dealkylation sites (tertiary alicyclic amines) is 1. The number of carbonyl (C=O) groups is 2. The van der Waals surface area contributed by atoms with E-state index in [0.29, 0.717) is 11.3 Å². The zero-order valence-corrected chi connectivity index (χ0v) is 23.7. The highest BCUT2D eigenvalue weighted by Gasteiger charge is 2.46. The Balaban J connectivity index is 1.76. The first-order valence-corrected chi connectivity index (χ1v) is 13.2. The summed E-state index contributed by atoms with van der Waals surface area (Å²) in [6.45, 7) is 13.9. The Kier molecular flexibility index (Phi) is 7.86. The molecule has 1 aliphatic rings. The Bertz CT molecular complexity index is 1410. The third-order valence-electron chi connectivity index (χ3n) is 6.41. The van der Waals surface area contributed by atoms with Crippen LogP contribution in [0.25, 0.3) is 5.76 Å². The molecule has 1 aliphatic heterocycles. The third kappa shape index (κ3) is 6.33. The molecular weight excluding hydrogens is 490 g/mol. The minimum absolute atomic E-state index is 0.00359. The number of amides is 1. The van der Waals surface area contributed by atoms with Crippen LogP contribution in [0.4, 0.5) is 0 Å². The van der Waals surface area contributed by atoms with Gasteiger partial charge in [-0.25, -0.2) is 0 Å². The molecule has 1 atom stereocenters. The fraction of sp³-hybridized carbons (Fsp3) is 0.333. The molecule has 204 valence electrons. The van der Waals surface area contributed by atoms with Crippen LogP contribution in [0.5, 0.6) is 11.5 Å². The van der Waals surface area contributed by atoms with Gasteiger partial charge in [-0.15, -0.1) is 0 Å². The van der Waals surface area contributed by atoms with Gasteiger partial charge in [0.15, 0.2) is 0 Å². The van der Waals surface area contributed by atoms with E-state index in [1.54, 1.807) is 18.2 Å². The van der Waals surface area contributed by atoms with E-state index >= 15 is 0 Å². The second kappa shape index (κ2) is 11.0. The average molecular weight is 528 g/mol. The van der Waals surface area contributed by atoms with Crippen LogP contribution in [0, 0.1) is 13.8 Å². The van der Waals surface area contributed by atoms with Gasteiger partial charge in [-0.1, -0.05) is 42.0 Å². The number of ketones is 1. The number of aliphatic hydroxyl groups is 1. The molecule has 1 saturated heterocycles. The van der Waals surface area contributed by atoms with Gasteiger partial charge in [0.25, 0.3) is 11.7 Å². The summed E-state index contributed by atoms with van der Waals surface area (Å²) in [5.74, 6) is -0.114. The maximum Gasteiger partial charge on any atom is 0.295 e. The van der Waals surface area contributed by atoms with Gasteiger partial charge in [0, 0.05) is 12.1 Å². The molecule has 0 aliphatic carbocycles. The van der Waals surface area contributed by atoms with Gasteiger partial charge in [-0.2, -0.15) is 0 Å². The van der Waals surface area contributed by atoms with Crippen LogP contribution in [0.15, 0.2) is 72.3 Å². The van der Waals surface area contributed by atoms with Crippen molar-refractivity contribution in [3.05, 3.63) is 100 Å². The highest BCUT2D eigenvalue weighted by atomic mass is 16.5. The highest BCUT2D eigenvalue weighted by Crippen LogP contribution is 2.41. The Hall–Kier alpha value is -4.06. The quantitative estimate of drug-likeness (QED) is 0.206. The van der Waals surface area contributed by atoms with Gasteiger partial charge < -0.3 is 19.5 Å². The van der Waals surface area contributed by atoms with Crippen LogP contribution in [0.2, 0.25) is 0 Å². The summed E-state index contributed by atoms with van der Waals surface area (Å²) in [5, 5.41) is 11.5. The Morgan fingerprint density at radius 3 is 2.26 bits per heavy atom. The van der Waals surface area contributed by atoms with Gasteiger partial charge in [0.2, 0.25) is 0 Å². The predicted molar refractivity (Wildman–Crippen MR) is 153 cm³/mol. The molecule has 0 aromatic heterocycles. The SMILES string of the molecule is Cc1cccc(C2/C(=C(/O)c3ccc(OC(C)C)c(C)c3)C(=O)C(=O)N2Cc2ccc(OC(C)(C)C)cc2)c1. The number of nitrogens with zero attached hydrogens (tertiary/aromatic N) is 1. The molecule has 3 aromatic carbocycles. The molecule has 0 bridgehead atoms. The number of Topliss-reactive ketones (excluding diaryl/α,β-unsaturated/α-hetero) is 1. The molecule has 1 fully saturated rings. The van der Waals surface area contributed by atoms with Gasteiger partial charge in [0.05, 0.1) is 17.7 Å². The van der Waals surface area contributed by atoms with Crippen molar-refractivity contribution in [2.75, 3.05) is 0 Å². The molecule has 1 heterocycles. The number of hydrogen-bond donors (Lipinski definition) is 1. The highest BCUT2D eigenvalue weighted by molar-refractivity contribution is 6.46. The van der Waals surface area contributed by atoms with Crippen LogP contribution in [0.1, 0.15) is 68.5 Å². The summed E-state index contributed by atoms with van der Waals surface area (Å²) in [6.07, 6.45) is 0.00359. The zero-order valence-electron chi connectivity index (χ0n) is 23.7. The van der Waals surface area contributed by atoms with E-state index in [4.69, 9.17) is 9.47 Å². The Morgan fingerprint density at radius 1 is 0.974 bits per heavy atom. The molecule has 0 spiro atoms. The van der Waals surface area contributed by atoms with Gasteiger partial charge in [-0.3, -0.25) is 9.59 Å². The molecule has 4 rings (SSSR count). The monoisotopic (exact) mass is 527 g/mol. The van der Waals surface area contributed by atoms with Crippen molar-refractivity contribution in [2.45, 2.75) is 72.8 Å². The summed E-state index contributed by atoms with van der Waals surface area (Å²) in [4.78, 5) is 28.4. The molecule has 1 unspecified atom stereocenters. The predicted octanol–water partition coefficient (Wildman–Crippen LogP) is 6.89. The number of ether oxygens (including phenoxy) is 2. The van der Waals surface area contributed by atoms with Crippen molar-refractivity contribution in [3.63, 3.8) is 0 Å². The van der Waals surface area contributed by atoms with Crippen LogP contribution < -0.4 is 9.47 Å². The van der Waals surface area contributed by atoms with E-state index in [0.717, 1.165) is 28.0 Å². The second-order valence-electron chi connectivity index (χ2n) is 11.3. The molecule has 3 aromatic rings. The van der Waals surface area contributed by atoms with Crippen LogP contribution in [-0.2, 0) is 16.1 Å². The first kappa shape index (κ1) is 28.0. The molecule has 39 heavy (non-hydrogen) atoms. The maximum atomic E-state index is 13.4. The van der Waals surface area contributed by atoms with Crippen LogP contribution in [-0.4, -0.2) is 33.4 Å². The third-order valence-corrected chi connectivity index (χ3v) is 6.41. The molecule has 1 N–H and O–H groups in total. The standard InChI is InChI=1S/C33H37NO5/c1-20(2)38-27-16-13-25(18-22(27)4)30(35)28-29(24-10-8-9-21(3)17-24)34(32(37)31(28)36)19-23-11-14-26(15-12-23)39-33(5,6)7/h8-18,20,29,35H,19H2,1-7H3/b30-28-. The van der Waals surface area contributed by atoms with E-state index in [1.165, 1.54) is 4.90 Å². The van der Waals surface area contributed by atoms with Crippen molar-refractivity contribution in [1.82, 2.24) is 4.90 Å². The fourth-order valence-corrected chi connectivity index (χ4v) is 4.78. The number of aliphatic hydroxyl groups excluding tert-OH is 1. The van der Waals surface area contributed by atoms with Crippen LogP contribution >= 0.6 is 0 Å². The van der Waals surface area contributed by atoms with Gasteiger partial charge in [0.1, 0.15) is 22.9 Å². The van der Waals surface area contributed by atoms with Crippen molar-refractivity contribution in [3.8, 4) is 11.5 Å². The van der Waals surface area contributed by atoms with Crippen molar-refractivity contribution in [2.24, 2.45) is 0 Å². The maximum absolute atomic E-state index is 13.4. The number of rotatable bonds is 7. The normalized spacial score (nSPS) is 17.1. The second-order valence-corrected chi connectivity index (χ2v) is 11.3. The molecular formula is C33H37NO5. The average Bonchev–Trinajstić information content (AvgIpc) is 3.10. The van der Waals surface area contributed by atoms with Crippen molar-refractivity contribution in [1.29, 1.82) is 0 Å². The van der Waals surface area contributed by atoms with E-state index in [9.17, 15) is 14.7 Å². The largest absolute Gasteiger partial charge is 0.507 e. The minimum Gasteiger partial charge on any atom is -0.507 e. The van der Waals surface area contributed by atoms with E-state index in [-0.39, 0.29) is 29.6 Å². The summed E-state index contributed by atoms with van der Waals surface area (Å²) in [7, 11) is 0. The summed E-state index contributed by atoms with van der Waals surface area (Å²) in [6, 6.07) is 19.7. The lowest BCUT2D eigenvalue weighted by Crippen LogP contribution is -2.29. The molecule has 0 saturated carbocycles. The van der Waals surface area contributed by atoms with Crippen molar-refractivity contribution < 1.29 is 24.2 Å². The first-order chi connectivity index (χ1) is 18.3. The Morgan fingerprint density at radius 2 is 1.67 bits per heavy atom. The first-order valence-electron chi connectivity index (χ1n) is 13.2.